The van der Waals surface area contributed by atoms with Gasteiger partial charge < -0.3 is 15.1 Å². The maximum Gasteiger partial charge on any atom is 0.416 e. The van der Waals surface area contributed by atoms with Crippen LogP contribution >= 0.6 is 0 Å². The minimum atomic E-state index is -4.44. The van der Waals surface area contributed by atoms with Gasteiger partial charge in [-0.15, -0.1) is 0 Å². The third kappa shape index (κ3) is 5.28. The predicted octanol–water partition coefficient (Wildman–Crippen LogP) is 2.83. The fourth-order valence-corrected chi connectivity index (χ4v) is 3.29. The molecule has 0 spiro atoms. The van der Waals surface area contributed by atoms with Gasteiger partial charge in [-0.2, -0.15) is 13.2 Å². The molecule has 0 radical (unpaired) electrons. The van der Waals surface area contributed by atoms with Crippen molar-refractivity contribution in [3.63, 3.8) is 0 Å². The fourth-order valence-electron chi connectivity index (χ4n) is 3.29. The van der Waals surface area contributed by atoms with Gasteiger partial charge in [-0.05, 0) is 29.3 Å². The maximum absolute atomic E-state index is 12.9. The van der Waals surface area contributed by atoms with Crippen LogP contribution in [0, 0.1) is 5.92 Å². The molecule has 30 heavy (non-hydrogen) atoms. The van der Waals surface area contributed by atoms with E-state index in [2.05, 4.69) is 10.3 Å². The number of halogens is 3. The van der Waals surface area contributed by atoms with Crippen molar-refractivity contribution >= 4 is 17.6 Å². The number of likely N-dealkylation sites (tertiary alicyclic amines) is 1. The molecule has 0 bridgehead atoms. The average molecular weight is 420 g/mol. The number of alkyl halides is 3. The lowest BCUT2D eigenvalue weighted by Gasteiger charge is -2.18. The number of hydrogen-bond donors (Lipinski definition) is 1. The zero-order valence-corrected chi connectivity index (χ0v) is 16.7. The number of benzene rings is 1. The predicted molar refractivity (Wildman–Crippen MR) is 105 cm³/mol. The SMILES string of the molecule is CN(C)c1ccc(CNC(=O)C2CC(=O)N(Cc3cccc(C(F)(F)F)c3)C2)cn1. The lowest BCUT2D eigenvalue weighted by Crippen LogP contribution is -2.32. The number of aromatic nitrogens is 1. The van der Waals surface area contributed by atoms with Crippen molar-refractivity contribution in [3.8, 4) is 0 Å². The Morgan fingerprint density at radius 3 is 2.63 bits per heavy atom. The molecular weight excluding hydrogens is 397 g/mol. The molecule has 2 aromatic rings. The monoisotopic (exact) mass is 420 g/mol. The van der Waals surface area contributed by atoms with Gasteiger partial charge in [0.1, 0.15) is 5.82 Å². The van der Waals surface area contributed by atoms with Gasteiger partial charge in [0.25, 0.3) is 0 Å². The van der Waals surface area contributed by atoms with Gasteiger partial charge in [0.15, 0.2) is 0 Å². The molecule has 1 unspecified atom stereocenters. The van der Waals surface area contributed by atoms with Crippen LogP contribution in [0.2, 0.25) is 0 Å². The van der Waals surface area contributed by atoms with Crippen LogP contribution in [0.15, 0.2) is 42.6 Å². The number of anilines is 1. The van der Waals surface area contributed by atoms with Gasteiger partial charge in [0.2, 0.25) is 11.8 Å². The van der Waals surface area contributed by atoms with Crippen molar-refractivity contribution in [2.45, 2.75) is 25.7 Å². The lowest BCUT2D eigenvalue weighted by molar-refractivity contribution is -0.137. The standard InChI is InChI=1S/C21H23F3N4O2/c1-27(2)18-7-6-15(10-25-18)11-26-20(30)16-9-19(29)28(13-16)12-14-4-3-5-17(8-14)21(22,23)24/h3-8,10,16H,9,11-13H2,1-2H3,(H,26,30). The Hall–Kier alpha value is -3.10. The van der Waals surface area contributed by atoms with E-state index in [1.54, 1.807) is 12.3 Å². The lowest BCUT2D eigenvalue weighted by atomic mass is 10.1. The van der Waals surface area contributed by atoms with E-state index >= 15 is 0 Å². The highest BCUT2D eigenvalue weighted by Gasteiger charge is 2.35. The molecule has 9 heteroatoms. The third-order valence-electron chi connectivity index (χ3n) is 4.95. The molecule has 1 atom stereocenters. The maximum atomic E-state index is 12.9. The summed E-state index contributed by atoms with van der Waals surface area (Å²) in [6.07, 6.45) is -2.72. The van der Waals surface area contributed by atoms with Gasteiger partial charge in [-0.1, -0.05) is 18.2 Å². The van der Waals surface area contributed by atoms with E-state index in [9.17, 15) is 22.8 Å². The summed E-state index contributed by atoms with van der Waals surface area (Å²) >= 11 is 0. The van der Waals surface area contributed by atoms with E-state index in [4.69, 9.17) is 0 Å². The highest BCUT2D eigenvalue weighted by Crippen LogP contribution is 2.30. The Kier molecular flexibility index (Phi) is 6.28. The zero-order valence-electron chi connectivity index (χ0n) is 16.7. The van der Waals surface area contributed by atoms with Gasteiger partial charge in [0.05, 0.1) is 11.5 Å². The minimum Gasteiger partial charge on any atom is -0.363 e. The van der Waals surface area contributed by atoms with Crippen molar-refractivity contribution in [1.82, 2.24) is 15.2 Å². The van der Waals surface area contributed by atoms with Gasteiger partial charge >= 0.3 is 6.18 Å². The van der Waals surface area contributed by atoms with Gasteiger partial charge in [0, 0.05) is 46.3 Å². The summed E-state index contributed by atoms with van der Waals surface area (Å²) in [5.74, 6) is -0.231. The molecule has 2 amide bonds. The van der Waals surface area contributed by atoms with Crippen molar-refractivity contribution in [3.05, 3.63) is 59.3 Å². The number of amides is 2. The second-order valence-electron chi connectivity index (χ2n) is 7.51. The normalized spacial score (nSPS) is 16.6. The number of nitrogens with one attached hydrogen (secondary N) is 1. The van der Waals surface area contributed by atoms with Crippen LogP contribution in [0.4, 0.5) is 19.0 Å². The topological polar surface area (TPSA) is 65.5 Å². The summed E-state index contributed by atoms with van der Waals surface area (Å²) in [7, 11) is 3.76. The quantitative estimate of drug-likeness (QED) is 0.781. The number of pyridine rings is 1. The van der Waals surface area contributed by atoms with Crippen LogP contribution in [0.25, 0.3) is 0 Å². The first-order chi connectivity index (χ1) is 14.1. The first-order valence-corrected chi connectivity index (χ1v) is 9.47. The molecule has 1 fully saturated rings. The summed E-state index contributed by atoms with van der Waals surface area (Å²) < 4.78 is 38.6. The van der Waals surface area contributed by atoms with Crippen LogP contribution in [0.1, 0.15) is 23.1 Å². The third-order valence-corrected chi connectivity index (χ3v) is 4.95. The molecule has 160 valence electrons. The van der Waals surface area contributed by atoms with Gasteiger partial charge in [-0.25, -0.2) is 4.98 Å². The van der Waals surface area contributed by atoms with E-state index in [1.165, 1.54) is 11.0 Å². The average Bonchev–Trinajstić information content (AvgIpc) is 3.06. The minimum absolute atomic E-state index is 0.0441. The molecular formula is C21H23F3N4O2. The van der Waals surface area contributed by atoms with E-state index < -0.39 is 17.7 Å². The fraction of sp³-hybridized carbons (Fsp3) is 0.381. The number of hydrogen-bond acceptors (Lipinski definition) is 4. The summed E-state index contributed by atoms with van der Waals surface area (Å²) in [5, 5.41) is 2.80. The van der Waals surface area contributed by atoms with Crippen LogP contribution in [-0.2, 0) is 28.9 Å². The Morgan fingerprint density at radius 1 is 1.23 bits per heavy atom. The first kappa shape index (κ1) is 21.6. The van der Waals surface area contributed by atoms with Crippen molar-refractivity contribution in [2.24, 2.45) is 5.92 Å². The second kappa shape index (κ2) is 8.73. The summed E-state index contributed by atoms with van der Waals surface area (Å²) in [6, 6.07) is 8.59. The van der Waals surface area contributed by atoms with E-state index in [0.717, 1.165) is 23.5 Å². The molecule has 1 saturated heterocycles. The molecule has 1 aliphatic heterocycles. The van der Waals surface area contributed by atoms with Crippen molar-refractivity contribution < 1.29 is 22.8 Å². The second-order valence-corrected chi connectivity index (χ2v) is 7.51. The van der Waals surface area contributed by atoms with Gasteiger partial charge in [-0.3, -0.25) is 9.59 Å². The highest BCUT2D eigenvalue weighted by atomic mass is 19.4. The highest BCUT2D eigenvalue weighted by molar-refractivity contribution is 5.89. The van der Waals surface area contributed by atoms with E-state index in [0.29, 0.717) is 5.56 Å². The Balaban J connectivity index is 1.55. The summed E-state index contributed by atoms with van der Waals surface area (Å²) in [5.41, 5.74) is 0.459. The number of carbonyl (C=O) groups excluding carboxylic acids is 2. The van der Waals surface area contributed by atoms with E-state index in [1.807, 2.05) is 31.1 Å². The van der Waals surface area contributed by atoms with Crippen LogP contribution in [0.5, 0.6) is 0 Å². The van der Waals surface area contributed by atoms with Crippen molar-refractivity contribution in [1.29, 1.82) is 0 Å². The zero-order chi connectivity index (χ0) is 21.9. The first-order valence-electron chi connectivity index (χ1n) is 9.47. The molecule has 1 aromatic carbocycles. The molecule has 0 saturated carbocycles. The Labute approximate surface area is 172 Å². The Morgan fingerprint density at radius 2 is 2.00 bits per heavy atom. The number of rotatable bonds is 6. The van der Waals surface area contributed by atoms with Crippen molar-refractivity contribution in [2.75, 3.05) is 25.5 Å². The van der Waals surface area contributed by atoms with Crippen LogP contribution < -0.4 is 10.2 Å². The molecule has 2 heterocycles. The molecule has 0 aliphatic carbocycles. The van der Waals surface area contributed by atoms with Crippen LogP contribution in [0.3, 0.4) is 0 Å². The summed E-state index contributed by atoms with van der Waals surface area (Å²) in [4.78, 5) is 32.3. The Bertz CT molecular complexity index is 913. The molecule has 6 nitrogen and oxygen atoms in total. The molecule has 1 aromatic heterocycles. The largest absolute Gasteiger partial charge is 0.416 e. The number of carbonyl (C=O) groups is 2. The van der Waals surface area contributed by atoms with E-state index in [-0.39, 0.29) is 37.9 Å². The molecule has 3 rings (SSSR count). The van der Waals surface area contributed by atoms with Crippen LogP contribution in [-0.4, -0.2) is 42.3 Å². The molecule has 1 aliphatic rings. The summed E-state index contributed by atoms with van der Waals surface area (Å²) in [6.45, 7) is 0.513. The molecule has 1 N–H and O–H groups in total. The number of nitrogens with zero attached hydrogens (tertiary/aromatic N) is 3. The smallest absolute Gasteiger partial charge is 0.363 e.